The fourth-order valence-electron chi connectivity index (χ4n) is 1.18. The lowest BCUT2D eigenvalue weighted by Crippen LogP contribution is -2.30. The standard InChI is InChI=1S/C11H14N2O4/c1-16-9-5-7(3-4-8(9)12)11(15)13-6-10(14)17-2/h3-5H,6,12H2,1-2H3,(H,13,15). The third kappa shape index (κ3) is 3.37. The number of carbonyl (C=O) groups excluding carboxylic acids is 2. The largest absolute Gasteiger partial charge is 0.495 e. The van der Waals surface area contributed by atoms with Gasteiger partial charge in [0.05, 0.1) is 19.9 Å². The highest BCUT2D eigenvalue weighted by Crippen LogP contribution is 2.21. The highest BCUT2D eigenvalue weighted by molar-refractivity contribution is 5.96. The summed E-state index contributed by atoms with van der Waals surface area (Å²) in [5, 5.41) is 2.41. The molecule has 0 spiro atoms. The van der Waals surface area contributed by atoms with Gasteiger partial charge in [-0.1, -0.05) is 0 Å². The minimum atomic E-state index is -0.513. The van der Waals surface area contributed by atoms with Crippen LogP contribution in [0.25, 0.3) is 0 Å². The zero-order valence-electron chi connectivity index (χ0n) is 9.65. The fourth-order valence-corrected chi connectivity index (χ4v) is 1.18. The quantitative estimate of drug-likeness (QED) is 0.576. The summed E-state index contributed by atoms with van der Waals surface area (Å²) in [5.74, 6) is -0.495. The minimum absolute atomic E-state index is 0.179. The lowest BCUT2D eigenvalue weighted by atomic mass is 10.2. The Hall–Kier alpha value is -2.24. The maximum Gasteiger partial charge on any atom is 0.325 e. The number of benzene rings is 1. The average Bonchev–Trinajstić information content (AvgIpc) is 2.35. The predicted molar refractivity (Wildman–Crippen MR) is 61.8 cm³/mol. The molecule has 1 aromatic rings. The Bertz CT molecular complexity index is 431. The maximum absolute atomic E-state index is 11.6. The summed E-state index contributed by atoms with van der Waals surface area (Å²) >= 11 is 0. The molecule has 1 amide bonds. The van der Waals surface area contributed by atoms with Gasteiger partial charge in [-0.25, -0.2) is 0 Å². The third-order valence-electron chi connectivity index (χ3n) is 2.12. The van der Waals surface area contributed by atoms with Gasteiger partial charge in [0.15, 0.2) is 0 Å². The number of ether oxygens (including phenoxy) is 2. The predicted octanol–water partition coefficient (Wildman–Crippen LogP) is 0.180. The van der Waals surface area contributed by atoms with Crippen molar-refractivity contribution in [3.05, 3.63) is 23.8 Å². The molecule has 17 heavy (non-hydrogen) atoms. The molecule has 0 unspecified atom stereocenters. The SMILES string of the molecule is COC(=O)CNC(=O)c1ccc(N)c(OC)c1. The summed E-state index contributed by atoms with van der Waals surface area (Å²) in [7, 11) is 2.71. The van der Waals surface area contributed by atoms with E-state index in [1.165, 1.54) is 20.3 Å². The van der Waals surface area contributed by atoms with Gasteiger partial charge >= 0.3 is 5.97 Å². The molecule has 0 aliphatic rings. The summed E-state index contributed by atoms with van der Waals surface area (Å²) in [6, 6.07) is 4.61. The van der Waals surface area contributed by atoms with E-state index < -0.39 is 11.9 Å². The minimum Gasteiger partial charge on any atom is -0.495 e. The van der Waals surface area contributed by atoms with Crippen molar-refractivity contribution in [2.45, 2.75) is 0 Å². The average molecular weight is 238 g/mol. The van der Waals surface area contributed by atoms with Crippen LogP contribution in [0.1, 0.15) is 10.4 Å². The second-order valence-electron chi connectivity index (χ2n) is 3.22. The normalized spacial score (nSPS) is 9.53. The van der Waals surface area contributed by atoms with Crippen molar-refractivity contribution in [3.8, 4) is 5.75 Å². The van der Waals surface area contributed by atoms with Crippen LogP contribution in [0.15, 0.2) is 18.2 Å². The Kier molecular flexibility index (Phi) is 4.33. The molecule has 0 radical (unpaired) electrons. The molecule has 0 aliphatic carbocycles. The first-order valence-corrected chi connectivity index (χ1v) is 4.87. The highest BCUT2D eigenvalue weighted by atomic mass is 16.5. The number of nitrogens with two attached hydrogens (primary N) is 1. The van der Waals surface area contributed by atoms with Crippen LogP contribution in [-0.4, -0.2) is 32.6 Å². The van der Waals surface area contributed by atoms with Crippen molar-refractivity contribution >= 4 is 17.6 Å². The van der Waals surface area contributed by atoms with Crippen LogP contribution in [0.2, 0.25) is 0 Å². The maximum atomic E-state index is 11.6. The summed E-state index contributed by atoms with van der Waals surface area (Å²) in [5.41, 5.74) is 6.42. The van der Waals surface area contributed by atoms with Crippen molar-refractivity contribution in [2.24, 2.45) is 0 Å². The molecule has 3 N–H and O–H groups in total. The molecule has 0 saturated carbocycles. The van der Waals surface area contributed by atoms with Crippen LogP contribution < -0.4 is 15.8 Å². The number of nitrogen functional groups attached to an aromatic ring is 1. The van der Waals surface area contributed by atoms with E-state index in [1.54, 1.807) is 12.1 Å². The van der Waals surface area contributed by atoms with Crippen molar-refractivity contribution in [2.75, 3.05) is 26.5 Å². The molecular weight excluding hydrogens is 224 g/mol. The molecular formula is C11H14N2O4. The van der Waals surface area contributed by atoms with Gasteiger partial charge in [0.25, 0.3) is 5.91 Å². The zero-order valence-corrected chi connectivity index (χ0v) is 9.65. The van der Waals surface area contributed by atoms with E-state index in [0.29, 0.717) is 17.0 Å². The van der Waals surface area contributed by atoms with Gasteiger partial charge in [-0.05, 0) is 18.2 Å². The second kappa shape index (κ2) is 5.74. The van der Waals surface area contributed by atoms with Gasteiger partial charge in [0.2, 0.25) is 0 Å². The van der Waals surface area contributed by atoms with Crippen molar-refractivity contribution in [3.63, 3.8) is 0 Å². The Morgan fingerprint density at radius 2 is 2.06 bits per heavy atom. The van der Waals surface area contributed by atoms with Crippen LogP contribution >= 0.6 is 0 Å². The molecule has 0 saturated heterocycles. The number of hydrogen-bond donors (Lipinski definition) is 2. The van der Waals surface area contributed by atoms with Gasteiger partial charge in [0, 0.05) is 5.56 Å². The van der Waals surface area contributed by atoms with E-state index in [0.717, 1.165) is 0 Å². The smallest absolute Gasteiger partial charge is 0.325 e. The number of amides is 1. The number of methoxy groups -OCH3 is 2. The number of anilines is 1. The van der Waals surface area contributed by atoms with Crippen molar-refractivity contribution in [1.82, 2.24) is 5.32 Å². The van der Waals surface area contributed by atoms with Gasteiger partial charge < -0.3 is 20.5 Å². The van der Waals surface area contributed by atoms with Gasteiger partial charge in [-0.15, -0.1) is 0 Å². The molecule has 0 fully saturated rings. The summed E-state index contributed by atoms with van der Waals surface area (Å²) in [6.45, 7) is -0.179. The Morgan fingerprint density at radius 3 is 2.65 bits per heavy atom. The second-order valence-corrected chi connectivity index (χ2v) is 3.22. The first kappa shape index (κ1) is 12.8. The molecule has 6 nitrogen and oxygen atoms in total. The number of nitrogens with one attached hydrogen (secondary N) is 1. The van der Waals surface area contributed by atoms with Crippen LogP contribution in [0.5, 0.6) is 5.75 Å². The molecule has 1 rings (SSSR count). The zero-order chi connectivity index (χ0) is 12.8. The third-order valence-corrected chi connectivity index (χ3v) is 2.12. The number of esters is 1. The molecule has 0 heterocycles. The van der Waals surface area contributed by atoms with E-state index in [1.807, 2.05) is 0 Å². The molecule has 0 atom stereocenters. The summed E-state index contributed by atoms with van der Waals surface area (Å²) < 4.78 is 9.39. The van der Waals surface area contributed by atoms with Gasteiger partial charge in [-0.2, -0.15) is 0 Å². The fraction of sp³-hybridized carbons (Fsp3) is 0.273. The Balaban J connectivity index is 2.72. The number of carbonyl (C=O) groups is 2. The molecule has 0 aliphatic heterocycles. The van der Waals surface area contributed by atoms with E-state index >= 15 is 0 Å². The Labute approximate surface area is 98.7 Å². The van der Waals surface area contributed by atoms with E-state index in [2.05, 4.69) is 10.1 Å². The number of hydrogen-bond acceptors (Lipinski definition) is 5. The molecule has 0 bridgehead atoms. The number of rotatable bonds is 4. The van der Waals surface area contributed by atoms with E-state index in [9.17, 15) is 9.59 Å². The first-order valence-electron chi connectivity index (χ1n) is 4.87. The van der Waals surface area contributed by atoms with Crippen LogP contribution in [-0.2, 0) is 9.53 Å². The van der Waals surface area contributed by atoms with Crippen LogP contribution in [0, 0.1) is 0 Å². The first-order chi connectivity index (χ1) is 8.08. The lowest BCUT2D eigenvalue weighted by molar-refractivity contribution is -0.139. The van der Waals surface area contributed by atoms with E-state index in [-0.39, 0.29) is 6.54 Å². The van der Waals surface area contributed by atoms with Crippen LogP contribution in [0.3, 0.4) is 0 Å². The summed E-state index contributed by atoms with van der Waals surface area (Å²) in [4.78, 5) is 22.5. The van der Waals surface area contributed by atoms with Crippen molar-refractivity contribution < 1.29 is 19.1 Å². The lowest BCUT2D eigenvalue weighted by Gasteiger charge is -2.07. The van der Waals surface area contributed by atoms with Gasteiger partial charge in [-0.3, -0.25) is 9.59 Å². The van der Waals surface area contributed by atoms with Crippen molar-refractivity contribution in [1.29, 1.82) is 0 Å². The van der Waals surface area contributed by atoms with Crippen LogP contribution in [0.4, 0.5) is 5.69 Å². The Morgan fingerprint density at radius 1 is 1.35 bits per heavy atom. The van der Waals surface area contributed by atoms with Gasteiger partial charge in [0.1, 0.15) is 12.3 Å². The molecule has 92 valence electrons. The monoisotopic (exact) mass is 238 g/mol. The topological polar surface area (TPSA) is 90.7 Å². The molecule has 1 aromatic carbocycles. The molecule has 0 aromatic heterocycles. The highest BCUT2D eigenvalue weighted by Gasteiger charge is 2.10. The molecule has 6 heteroatoms. The van der Waals surface area contributed by atoms with E-state index in [4.69, 9.17) is 10.5 Å². The summed E-state index contributed by atoms with van der Waals surface area (Å²) in [6.07, 6.45) is 0.